The van der Waals surface area contributed by atoms with Crippen LogP contribution in [0.25, 0.3) is 0 Å². The van der Waals surface area contributed by atoms with Gasteiger partial charge < -0.3 is 10.1 Å². The van der Waals surface area contributed by atoms with Crippen molar-refractivity contribution in [2.45, 2.75) is 20.1 Å². The van der Waals surface area contributed by atoms with E-state index in [-0.39, 0.29) is 0 Å². The molecular weight excluding hydrogens is 342 g/mol. The maximum Gasteiger partial charge on any atom is 0.138 e. The van der Waals surface area contributed by atoms with Gasteiger partial charge in [0, 0.05) is 19.2 Å². The number of aryl methyl sites for hydroxylation is 2. The molecule has 0 amide bonds. The third-order valence-electron chi connectivity index (χ3n) is 3.03. The molecule has 0 saturated heterocycles. The highest BCUT2D eigenvalue weighted by Crippen LogP contribution is 2.30. The number of nitrogens with one attached hydrogen (secondary N) is 1. The van der Waals surface area contributed by atoms with Crippen molar-refractivity contribution in [2.75, 3.05) is 7.05 Å². The van der Waals surface area contributed by atoms with Crippen LogP contribution in [0.4, 0.5) is 0 Å². The zero-order valence-corrected chi connectivity index (χ0v) is 14.0. The van der Waals surface area contributed by atoms with E-state index < -0.39 is 0 Å². The smallest absolute Gasteiger partial charge is 0.138 e. The summed E-state index contributed by atoms with van der Waals surface area (Å²) in [6.45, 7) is 3.01. The number of halogens is 2. The molecule has 2 rings (SSSR count). The molecule has 0 spiro atoms. The predicted octanol–water partition coefficient (Wildman–Crippen LogP) is 3.44. The van der Waals surface area contributed by atoms with Gasteiger partial charge in [-0.3, -0.25) is 4.68 Å². The van der Waals surface area contributed by atoms with E-state index in [0.29, 0.717) is 11.6 Å². The lowest BCUT2D eigenvalue weighted by Crippen LogP contribution is -2.09. The summed E-state index contributed by atoms with van der Waals surface area (Å²) >= 11 is 9.76. The van der Waals surface area contributed by atoms with Crippen molar-refractivity contribution in [3.8, 4) is 5.75 Å². The number of hydrogen-bond acceptors (Lipinski definition) is 3. The lowest BCUT2D eigenvalue weighted by atomic mass is 10.2. The Bertz CT molecular complexity index is 613. The first-order chi connectivity index (χ1) is 9.54. The van der Waals surface area contributed by atoms with Crippen LogP contribution in [0.1, 0.15) is 17.0 Å². The van der Waals surface area contributed by atoms with Gasteiger partial charge >= 0.3 is 0 Å². The van der Waals surface area contributed by atoms with Crippen LogP contribution in [0.2, 0.25) is 5.02 Å². The van der Waals surface area contributed by atoms with Crippen LogP contribution in [-0.4, -0.2) is 16.8 Å². The summed E-state index contributed by atoms with van der Waals surface area (Å²) in [4.78, 5) is 0. The SMILES string of the molecule is CNCc1cccc(Br)c1OCc1c(Cl)c(C)nn1C. The lowest BCUT2D eigenvalue weighted by Gasteiger charge is -2.13. The van der Waals surface area contributed by atoms with Gasteiger partial charge in [-0.25, -0.2) is 0 Å². The van der Waals surface area contributed by atoms with Gasteiger partial charge in [-0.1, -0.05) is 23.7 Å². The summed E-state index contributed by atoms with van der Waals surface area (Å²) in [7, 11) is 3.78. The number of benzene rings is 1. The molecule has 1 N–H and O–H groups in total. The Morgan fingerprint density at radius 3 is 2.80 bits per heavy atom. The molecule has 6 heteroatoms. The largest absolute Gasteiger partial charge is 0.486 e. The van der Waals surface area contributed by atoms with E-state index in [4.69, 9.17) is 16.3 Å². The van der Waals surface area contributed by atoms with Crippen molar-refractivity contribution >= 4 is 27.5 Å². The van der Waals surface area contributed by atoms with Crippen LogP contribution in [0, 0.1) is 6.92 Å². The summed E-state index contributed by atoms with van der Waals surface area (Å²) in [5.74, 6) is 0.830. The minimum Gasteiger partial charge on any atom is -0.486 e. The van der Waals surface area contributed by atoms with Crippen molar-refractivity contribution in [2.24, 2.45) is 7.05 Å². The monoisotopic (exact) mass is 357 g/mol. The molecule has 108 valence electrons. The third-order valence-corrected chi connectivity index (χ3v) is 4.15. The molecule has 0 aliphatic rings. The average molecular weight is 359 g/mol. The molecule has 0 atom stereocenters. The molecule has 0 radical (unpaired) electrons. The fraction of sp³-hybridized carbons (Fsp3) is 0.357. The Morgan fingerprint density at radius 2 is 2.20 bits per heavy atom. The molecule has 0 unspecified atom stereocenters. The van der Waals surface area contributed by atoms with Crippen molar-refractivity contribution < 1.29 is 4.74 Å². The van der Waals surface area contributed by atoms with E-state index in [1.54, 1.807) is 4.68 Å². The van der Waals surface area contributed by atoms with Crippen LogP contribution in [-0.2, 0) is 20.2 Å². The van der Waals surface area contributed by atoms with Gasteiger partial charge in [0.2, 0.25) is 0 Å². The number of para-hydroxylation sites is 1. The Kier molecular flexibility index (Phi) is 5.07. The van der Waals surface area contributed by atoms with E-state index >= 15 is 0 Å². The molecule has 1 aromatic heterocycles. The van der Waals surface area contributed by atoms with Crippen molar-refractivity contribution in [3.63, 3.8) is 0 Å². The average Bonchev–Trinajstić information content (AvgIpc) is 2.64. The molecular formula is C14H17BrClN3O. The van der Waals surface area contributed by atoms with Crippen LogP contribution >= 0.6 is 27.5 Å². The van der Waals surface area contributed by atoms with Crippen LogP contribution in [0.3, 0.4) is 0 Å². The fourth-order valence-electron chi connectivity index (χ4n) is 2.02. The quantitative estimate of drug-likeness (QED) is 0.890. The molecule has 0 aliphatic heterocycles. The molecule has 20 heavy (non-hydrogen) atoms. The maximum absolute atomic E-state index is 6.23. The highest BCUT2D eigenvalue weighted by molar-refractivity contribution is 9.10. The summed E-state index contributed by atoms with van der Waals surface area (Å²) in [5, 5.41) is 8.08. The summed E-state index contributed by atoms with van der Waals surface area (Å²) < 4.78 is 8.64. The van der Waals surface area contributed by atoms with Crippen molar-refractivity contribution in [1.29, 1.82) is 0 Å². The second-order valence-corrected chi connectivity index (χ2v) is 5.75. The number of ether oxygens (including phenoxy) is 1. The highest BCUT2D eigenvalue weighted by Gasteiger charge is 2.14. The molecule has 4 nitrogen and oxygen atoms in total. The van der Waals surface area contributed by atoms with Gasteiger partial charge in [0.25, 0.3) is 0 Å². The number of hydrogen-bond donors (Lipinski definition) is 1. The zero-order valence-electron chi connectivity index (χ0n) is 11.7. The van der Waals surface area contributed by atoms with Crippen molar-refractivity contribution in [3.05, 3.63) is 44.6 Å². The van der Waals surface area contributed by atoms with Crippen LogP contribution < -0.4 is 10.1 Å². The van der Waals surface area contributed by atoms with Gasteiger partial charge in [0.05, 0.1) is 20.9 Å². The van der Waals surface area contributed by atoms with Gasteiger partial charge in [-0.15, -0.1) is 0 Å². The van der Waals surface area contributed by atoms with Gasteiger partial charge in [0.15, 0.2) is 0 Å². The number of nitrogens with zero attached hydrogens (tertiary/aromatic N) is 2. The lowest BCUT2D eigenvalue weighted by molar-refractivity contribution is 0.289. The first-order valence-electron chi connectivity index (χ1n) is 6.27. The number of aromatic nitrogens is 2. The summed E-state index contributed by atoms with van der Waals surface area (Å²) in [5.41, 5.74) is 2.78. The fourth-order valence-corrected chi connectivity index (χ4v) is 2.76. The Morgan fingerprint density at radius 1 is 1.45 bits per heavy atom. The van der Waals surface area contributed by atoms with Gasteiger partial charge in [-0.05, 0) is 36.0 Å². The van der Waals surface area contributed by atoms with E-state index in [0.717, 1.165) is 33.7 Å². The van der Waals surface area contributed by atoms with E-state index in [1.165, 1.54) is 0 Å². The molecule has 0 bridgehead atoms. The number of rotatable bonds is 5. The zero-order chi connectivity index (χ0) is 14.7. The minimum absolute atomic E-state index is 0.384. The maximum atomic E-state index is 6.23. The first kappa shape index (κ1) is 15.4. The Balaban J connectivity index is 2.22. The molecule has 0 saturated carbocycles. The molecule has 0 fully saturated rings. The summed E-state index contributed by atoms with van der Waals surface area (Å²) in [6, 6.07) is 5.99. The van der Waals surface area contributed by atoms with Gasteiger partial charge in [0.1, 0.15) is 12.4 Å². The Hall–Kier alpha value is -1.04. The van der Waals surface area contributed by atoms with Crippen molar-refractivity contribution in [1.82, 2.24) is 15.1 Å². The first-order valence-corrected chi connectivity index (χ1v) is 7.44. The highest BCUT2D eigenvalue weighted by atomic mass is 79.9. The van der Waals surface area contributed by atoms with Crippen LogP contribution in [0.15, 0.2) is 22.7 Å². The summed E-state index contributed by atoms with van der Waals surface area (Å²) in [6.07, 6.45) is 0. The standard InChI is InChI=1S/C14H17BrClN3O/c1-9-13(16)12(19(3)18-9)8-20-14-10(7-17-2)5-4-6-11(14)15/h4-6,17H,7-8H2,1-3H3. The van der Waals surface area contributed by atoms with Gasteiger partial charge in [-0.2, -0.15) is 5.10 Å². The molecule has 2 aromatic rings. The normalized spacial score (nSPS) is 10.8. The second kappa shape index (κ2) is 6.61. The van der Waals surface area contributed by atoms with E-state index in [9.17, 15) is 0 Å². The topological polar surface area (TPSA) is 39.1 Å². The molecule has 1 aromatic carbocycles. The third kappa shape index (κ3) is 3.16. The van der Waals surface area contributed by atoms with E-state index in [2.05, 4.69) is 26.3 Å². The second-order valence-electron chi connectivity index (χ2n) is 4.52. The molecule has 0 aliphatic carbocycles. The minimum atomic E-state index is 0.384. The van der Waals surface area contributed by atoms with E-state index in [1.807, 2.05) is 39.2 Å². The Labute approximate surface area is 132 Å². The predicted molar refractivity (Wildman–Crippen MR) is 84.2 cm³/mol. The van der Waals surface area contributed by atoms with Crippen LogP contribution in [0.5, 0.6) is 5.75 Å². The molecule has 1 heterocycles.